The van der Waals surface area contributed by atoms with Crippen LogP contribution in [0.1, 0.15) is 18.1 Å². The maximum absolute atomic E-state index is 13.1. The Morgan fingerprint density at radius 2 is 1.70 bits per heavy atom. The molecule has 0 saturated heterocycles. The van der Waals surface area contributed by atoms with Gasteiger partial charge in [0, 0.05) is 33.3 Å². The monoisotopic (exact) mass is 407 g/mol. The number of imide groups is 1. The molecule has 1 aliphatic rings. The number of hydrogen-bond donors (Lipinski definition) is 1. The molecule has 0 aliphatic carbocycles. The second kappa shape index (κ2) is 9.37. The third-order valence-corrected chi connectivity index (χ3v) is 4.80. The van der Waals surface area contributed by atoms with Crippen LogP contribution in [0.3, 0.4) is 0 Å². The van der Waals surface area contributed by atoms with Gasteiger partial charge in [0.25, 0.3) is 11.8 Å². The molecule has 0 radical (unpaired) electrons. The molecule has 0 aromatic heterocycles. The molecule has 0 spiro atoms. The molecule has 0 unspecified atom stereocenters. The van der Waals surface area contributed by atoms with E-state index >= 15 is 0 Å². The first-order chi connectivity index (χ1) is 14.4. The van der Waals surface area contributed by atoms with Crippen LogP contribution in [0, 0.1) is 0 Å². The zero-order chi connectivity index (χ0) is 21.7. The number of carbonyl (C=O) groups excluding carboxylic acids is 3. The van der Waals surface area contributed by atoms with Gasteiger partial charge in [-0.3, -0.25) is 19.3 Å². The van der Waals surface area contributed by atoms with Crippen LogP contribution in [0.2, 0.25) is 0 Å². The van der Waals surface area contributed by atoms with Gasteiger partial charge in [0.2, 0.25) is 5.91 Å². The van der Waals surface area contributed by atoms with Gasteiger partial charge in [-0.15, -0.1) is 0 Å². The molecule has 2 aromatic carbocycles. The van der Waals surface area contributed by atoms with Gasteiger partial charge < -0.3 is 15.0 Å². The molecule has 3 amide bonds. The van der Waals surface area contributed by atoms with Crippen molar-refractivity contribution in [3.8, 4) is 0 Å². The molecule has 30 heavy (non-hydrogen) atoms. The number of methoxy groups -OCH3 is 1. The minimum atomic E-state index is -0.348. The van der Waals surface area contributed by atoms with E-state index in [0.29, 0.717) is 29.1 Å². The molecule has 2 aromatic rings. The number of rotatable bonds is 8. The van der Waals surface area contributed by atoms with Crippen molar-refractivity contribution in [3.05, 3.63) is 71.4 Å². The lowest BCUT2D eigenvalue weighted by Crippen LogP contribution is -2.36. The first-order valence-electron chi connectivity index (χ1n) is 9.65. The summed E-state index contributed by atoms with van der Waals surface area (Å²) in [6.07, 6.45) is 0. The molecule has 7 heteroatoms. The van der Waals surface area contributed by atoms with Crippen LogP contribution in [0.5, 0.6) is 0 Å². The summed E-state index contributed by atoms with van der Waals surface area (Å²) in [7, 11) is 3.33. The second-order valence-electron chi connectivity index (χ2n) is 7.08. The molecule has 7 nitrogen and oxygen atoms in total. The van der Waals surface area contributed by atoms with Crippen LogP contribution in [0.15, 0.2) is 60.3 Å². The molecule has 3 rings (SSSR count). The molecule has 1 heterocycles. The summed E-state index contributed by atoms with van der Waals surface area (Å²) in [5.74, 6) is -0.862. The van der Waals surface area contributed by atoms with Crippen LogP contribution in [-0.4, -0.2) is 54.8 Å². The maximum Gasteiger partial charge on any atom is 0.277 e. The first kappa shape index (κ1) is 21.3. The molecule has 0 fully saturated rings. The van der Waals surface area contributed by atoms with Gasteiger partial charge in [-0.2, -0.15) is 0 Å². The summed E-state index contributed by atoms with van der Waals surface area (Å²) in [6, 6.07) is 16.7. The minimum Gasteiger partial charge on any atom is -0.383 e. The molecule has 0 atom stereocenters. The first-order valence-corrected chi connectivity index (χ1v) is 9.65. The van der Waals surface area contributed by atoms with Crippen molar-refractivity contribution in [2.24, 2.45) is 0 Å². The van der Waals surface area contributed by atoms with Gasteiger partial charge in [-0.05, 0) is 23.3 Å². The molecular weight excluding hydrogens is 382 g/mol. The SMILES string of the molecule is COCCN1C(=O)C(c2ccc(NC(C)=O)cc2)=C(N(C)Cc2ccccc2)C1=O. The zero-order valence-corrected chi connectivity index (χ0v) is 17.3. The van der Waals surface area contributed by atoms with Gasteiger partial charge in [0.1, 0.15) is 5.70 Å². The topological polar surface area (TPSA) is 79.0 Å². The number of likely N-dealkylation sites (N-methyl/N-ethyl adjacent to an activating group) is 1. The predicted octanol–water partition coefficient (Wildman–Crippen LogP) is 2.50. The number of benzene rings is 2. The highest BCUT2D eigenvalue weighted by Crippen LogP contribution is 2.32. The predicted molar refractivity (Wildman–Crippen MR) is 114 cm³/mol. The van der Waals surface area contributed by atoms with Crippen LogP contribution >= 0.6 is 0 Å². The van der Waals surface area contributed by atoms with E-state index in [-0.39, 0.29) is 30.9 Å². The largest absolute Gasteiger partial charge is 0.383 e. The molecule has 1 N–H and O–H groups in total. The third kappa shape index (κ3) is 4.58. The number of amides is 3. The quantitative estimate of drug-likeness (QED) is 0.681. The van der Waals surface area contributed by atoms with Gasteiger partial charge in [0.05, 0.1) is 18.7 Å². The Balaban J connectivity index is 1.98. The summed E-state index contributed by atoms with van der Waals surface area (Å²) in [4.78, 5) is 40.6. The second-order valence-corrected chi connectivity index (χ2v) is 7.08. The lowest BCUT2D eigenvalue weighted by atomic mass is 10.0. The summed E-state index contributed by atoms with van der Waals surface area (Å²) < 4.78 is 5.07. The Bertz CT molecular complexity index is 968. The Labute approximate surface area is 175 Å². The maximum atomic E-state index is 13.1. The van der Waals surface area contributed by atoms with Crippen LogP contribution in [-0.2, 0) is 25.7 Å². The highest BCUT2D eigenvalue weighted by Gasteiger charge is 2.40. The van der Waals surface area contributed by atoms with E-state index < -0.39 is 0 Å². The van der Waals surface area contributed by atoms with Gasteiger partial charge in [-0.25, -0.2) is 0 Å². The fraction of sp³-hybridized carbons (Fsp3) is 0.261. The standard InChI is InChI=1S/C23H25N3O4/c1-16(27)24-19-11-9-18(10-12-19)20-21(23(29)26(22(20)28)13-14-30-3)25(2)15-17-7-5-4-6-8-17/h4-12H,13-15H2,1-3H3,(H,24,27). The fourth-order valence-electron chi connectivity index (χ4n) is 3.42. The average Bonchev–Trinajstić information content (AvgIpc) is 2.97. The van der Waals surface area contributed by atoms with Crippen LogP contribution in [0.25, 0.3) is 5.57 Å². The number of carbonyl (C=O) groups is 3. The minimum absolute atomic E-state index is 0.178. The van der Waals surface area contributed by atoms with E-state index in [2.05, 4.69) is 5.32 Å². The Hall–Kier alpha value is -3.45. The number of nitrogens with zero attached hydrogens (tertiary/aromatic N) is 2. The van der Waals surface area contributed by atoms with Gasteiger partial charge >= 0.3 is 0 Å². The van der Waals surface area contributed by atoms with Crippen LogP contribution in [0.4, 0.5) is 5.69 Å². The Kier molecular flexibility index (Phi) is 6.64. The third-order valence-electron chi connectivity index (χ3n) is 4.80. The normalized spacial score (nSPS) is 13.8. The number of nitrogens with one attached hydrogen (secondary N) is 1. The van der Waals surface area contributed by atoms with Crippen molar-refractivity contribution in [1.82, 2.24) is 9.80 Å². The Morgan fingerprint density at radius 3 is 2.30 bits per heavy atom. The smallest absolute Gasteiger partial charge is 0.277 e. The lowest BCUT2D eigenvalue weighted by Gasteiger charge is -2.21. The van der Waals surface area contributed by atoms with E-state index in [1.807, 2.05) is 30.3 Å². The van der Waals surface area contributed by atoms with E-state index in [1.165, 1.54) is 18.9 Å². The van der Waals surface area contributed by atoms with Gasteiger partial charge in [0.15, 0.2) is 0 Å². The number of anilines is 1. The highest BCUT2D eigenvalue weighted by molar-refractivity contribution is 6.35. The molecule has 1 aliphatic heterocycles. The fourth-order valence-corrected chi connectivity index (χ4v) is 3.42. The number of hydrogen-bond acceptors (Lipinski definition) is 5. The summed E-state index contributed by atoms with van der Waals surface area (Å²) in [6.45, 7) is 2.37. The summed E-state index contributed by atoms with van der Waals surface area (Å²) >= 11 is 0. The van der Waals surface area contributed by atoms with Crippen LogP contribution < -0.4 is 5.32 Å². The Morgan fingerprint density at radius 1 is 1.03 bits per heavy atom. The molecule has 0 bridgehead atoms. The number of ether oxygens (including phenoxy) is 1. The summed E-state index contributed by atoms with van der Waals surface area (Å²) in [5, 5.41) is 2.70. The molecule has 156 valence electrons. The summed E-state index contributed by atoms with van der Waals surface area (Å²) in [5.41, 5.74) is 2.98. The van der Waals surface area contributed by atoms with E-state index in [9.17, 15) is 14.4 Å². The highest BCUT2D eigenvalue weighted by atomic mass is 16.5. The van der Waals surface area contributed by atoms with E-state index in [1.54, 1.807) is 36.2 Å². The molecule has 0 saturated carbocycles. The van der Waals surface area contributed by atoms with E-state index in [0.717, 1.165) is 5.56 Å². The van der Waals surface area contributed by atoms with E-state index in [4.69, 9.17) is 4.74 Å². The molecular formula is C23H25N3O4. The van der Waals surface area contributed by atoms with Crippen molar-refractivity contribution < 1.29 is 19.1 Å². The van der Waals surface area contributed by atoms with Crippen molar-refractivity contribution >= 4 is 29.0 Å². The van der Waals surface area contributed by atoms with Gasteiger partial charge in [-0.1, -0.05) is 42.5 Å². The lowest BCUT2D eigenvalue weighted by molar-refractivity contribution is -0.138. The van der Waals surface area contributed by atoms with Crippen molar-refractivity contribution in [2.75, 3.05) is 32.6 Å². The van der Waals surface area contributed by atoms with Crippen molar-refractivity contribution in [1.29, 1.82) is 0 Å². The van der Waals surface area contributed by atoms with Crippen molar-refractivity contribution in [2.45, 2.75) is 13.5 Å². The average molecular weight is 407 g/mol. The van der Waals surface area contributed by atoms with Crippen molar-refractivity contribution in [3.63, 3.8) is 0 Å². The zero-order valence-electron chi connectivity index (χ0n) is 17.3.